The van der Waals surface area contributed by atoms with E-state index in [4.69, 9.17) is 0 Å². The number of rotatable bonds is 5. The number of nitrogens with one attached hydrogen (secondary N) is 1. The maximum atomic E-state index is 13.7. The van der Waals surface area contributed by atoms with Gasteiger partial charge in [0.25, 0.3) is 0 Å². The van der Waals surface area contributed by atoms with E-state index in [9.17, 15) is 13.2 Å². The van der Waals surface area contributed by atoms with Gasteiger partial charge in [-0.2, -0.15) is 0 Å². The van der Waals surface area contributed by atoms with Crippen molar-refractivity contribution in [2.24, 2.45) is 5.92 Å². The van der Waals surface area contributed by atoms with Crippen molar-refractivity contribution in [3.8, 4) is 0 Å². The lowest BCUT2D eigenvalue weighted by molar-refractivity contribution is 0.346. The monoisotopic (exact) mass is 245 g/mol. The van der Waals surface area contributed by atoms with E-state index in [-0.39, 0.29) is 17.5 Å². The van der Waals surface area contributed by atoms with E-state index < -0.39 is 17.5 Å². The average Bonchev–Trinajstić information content (AvgIpc) is 2.31. The molecule has 96 valence electrons. The highest BCUT2D eigenvalue weighted by molar-refractivity contribution is 5.24. The summed E-state index contributed by atoms with van der Waals surface area (Å²) >= 11 is 0. The van der Waals surface area contributed by atoms with Gasteiger partial charge >= 0.3 is 0 Å². The Bertz CT molecular complexity index is 375. The summed E-state index contributed by atoms with van der Waals surface area (Å²) in [6, 6.07) is 1.27. The number of benzene rings is 1. The van der Waals surface area contributed by atoms with Crippen LogP contribution in [0.1, 0.15) is 38.3 Å². The van der Waals surface area contributed by atoms with Crippen LogP contribution in [0, 0.1) is 23.4 Å². The molecule has 0 aliphatic heterocycles. The first-order chi connectivity index (χ1) is 8.04. The molecule has 0 aromatic heterocycles. The van der Waals surface area contributed by atoms with E-state index in [1.54, 1.807) is 7.05 Å². The van der Waals surface area contributed by atoms with E-state index in [0.717, 1.165) is 18.9 Å². The molecule has 0 radical (unpaired) electrons. The van der Waals surface area contributed by atoms with Gasteiger partial charge in [0, 0.05) is 17.7 Å². The van der Waals surface area contributed by atoms with Gasteiger partial charge in [-0.1, -0.05) is 26.7 Å². The summed E-state index contributed by atoms with van der Waals surface area (Å²) in [6.07, 6.45) is 1.70. The fourth-order valence-electron chi connectivity index (χ4n) is 2.18. The van der Waals surface area contributed by atoms with Crippen LogP contribution in [0.3, 0.4) is 0 Å². The number of hydrogen-bond donors (Lipinski definition) is 1. The molecule has 0 aliphatic rings. The second-order valence-corrected chi connectivity index (χ2v) is 4.13. The lowest BCUT2D eigenvalue weighted by atomic mass is 9.88. The number of hydrogen-bond acceptors (Lipinski definition) is 1. The third-order valence-corrected chi connectivity index (χ3v) is 3.21. The summed E-state index contributed by atoms with van der Waals surface area (Å²) in [5.41, 5.74) is 0.195. The second kappa shape index (κ2) is 6.05. The lowest BCUT2D eigenvalue weighted by Crippen LogP contribution is -2.26. The molecular weight excluding hydrogens is 227 g/mol. The molecule has 0 bridgehead atoms. The zero-order valence-electron chi connectivity index (χ0n) is 10.4. The van der Waals surface area contributed by atoms with Crippen molar-refractivity contribution < 1.29 is 13.2 Å². The Hall–Kier alpha value is -1.03. The van der Waals surface area contributed by atoms with E-state index in [2.05, 4.69) is 5.32 Å². The minimum atomic E-state index is -1.15. The quantitative estimate of drug-likeness (QED) is 0.778. The molecule has 1 aromatic rings. The van der Waals surface area contributed by atoms with E-state index in [0.29, 0.717) is 6.07 Å². The van der Waals surface area contributed by atoms with Gasteiger partial charge in [-0.05, 0) is 19.0 Å². The molecule has 17 heavy (non-hydrogen) atoms. The van der Waals surface area contributed by atoms with Crippen LogP contribution >= 0.6 is 0 Å². The molecule has 0 saturated heterocycles. The summed E-state index contributed by atoms with van der Waals surface area (Å²) < 4.78 is 39.7. The molecule has 1 rings (SSSR count). The summed E-state index contributed by atoms with van der Waals surface area (Å²) in [6.45, 7) is 3.99. The summed E-state index contributed by atoms with van der Waals surface area (Å²) in [5, 5.41) is 2.98. The molecule has 0 fully saturated rings. The fraction of sp³-hybridized carbons (Fsp3) is 0.538. The molecule has 0 saturated carbocycles. The standard InChI is InChI=1S/C13H18F3N/c1-4-8(5-2)13(17-3)9-6-11(15)12(16)7-10(9)14/h6-8,13,17H,4-5H2,1-3H3. The summed E-state index contributed by atoms with van der Waals surface area (Å²) in [4.78, 5) is 0. The van der Waals surface area contributed by atoms with Crippen LogP contribution in [-0.4, -0.2) is 7.05 Å². The van der Waals surface area contributed by atoms with Crippen molar-refractivity contribution in [2.45, 2.75) is 32.7 Å². The van der Waals surface area contributed by atoms with E-state index in [1.807, 2.05) is 13.8 Å². The first-order valence-electron chi connectivity index (χ1n) is 5.86. The topological polar surface area (TPSA) is 12.0 Å². The number of halogens is 3. The van der Waals surface area contributed by atoms with Gasteiger partial charge in [-0.3, -0.25) is 0 Å². The van der Waals surface area contributed by atoms with Gasteiger partial charge in [0.15, 0.2) is 11.6 Å². The second-order valence-electron chi connectivity index (χ2n) is 4.13. The highest BCUT2D eigenvalue weighted by Crippen LogP contribution is 2.29. The van der Waals surface area contributed by atoms with Crippen LogP contribution in [0.5, 0.6) is 0 Å². The van der Waals surface area contributed by atoms with Gasteiger partial charge in [-0.25, -0.2) is 13.2 Å². The highest BCUT2D eigenvalue weighted by Gasteiger charge is 2.23. The van der Waals surface area contributed by atoms with E-state index in [1.165, 1.54) is 0 Å². The van der Waals surface area contributed by atoms with Crippen molar-refractivity contribution in [3.63, 3.8) is 0 Å². The highest BCUT2D eigenvalue weighted by atomic mass is 19.2. The Morgan fingerprint density at radius 3 is 2.00 bits per heavy atom. The largest absolute Gasteiger partial charge is 0.313 e. The maximum Gasteiger partial charge on any atom is 0.161 e. The van der Waals surface area contributed by atoms with Gasteiger partial charge in [0.2, 0.25) is 0 Å². The van der Waals surface area contributed by atoms with Crippen molar-refractivity contribution >= 4 is 0 Å². The van der Waals surface area contributed by atoms with Gasteiger partial charge < -0.3 is 5.32 Å². The van der Waals surface area contributed by atoms with Crippen LogP contribution in [0.25, 0.3) is 0 Å². The summed E-state index contributed by atoms with van der Waals surface area (Å²) in [7, 11) is 1.70. The Morgan fingerprint density at radius 1 is 1.00 bits per heavy atom. The molecular formula is C13H18F3N. The van der Waals surface area contributed by atoms with Gasteiger partial charge in [-0.15, -0.1) is 0 Å². The van der Waals surface area contributed by atoms with Crippen molar-refractivity contribution in [3.05, 3.63) is 35.1 Å². The fourth-order valence-corrected chi connectivity index (χ4v) is 2.18. The minimum absolute atomic E-state index is 0.194. The average molecular weight is 245 g/mol. The summed E-state index contributed by atoms with van der Waals surface area (Å²) in [5.74, 6) is -2.66. The van der Waals surface area contributed by atoms with Crippen LogP contribution < -0.4 is 5.32 Å². The molecule has 0 aliphatic carbocycles. The van der Waals surface area contributed by atoms with E-state index >= 15 is 0 Å². The first kappa shape index (κ1) is 14.0. The third kappa shape index (κ3) is 3.00. The Balaban J connectivity index is 3.15. The lowest BCUT2D eigenvalue weighted by Gasteiger charge is -2.25. The Labute approximate surface area is 100 Å². The third-order valence-electron chi connectivity index (χ3n) is 3.21. The molecule has 1 atom stereocenters. The molecule has 1 nitrogen and oxygen atoms in total. The van der Waals surface area contributed by atoms with Gasteiger partial charge in [0.1, 0.15) is 5.82 Å². The predicted octanol–water partition coefficient (Wildman–Crippen LogP) is 3.80. The molecule has 1 aromatic carbocycles. The molecule has 4 heteroatoms. The van der Waals surface area contributed by atoms with Crippen LogP contribution in [0.4, 0.5) is 13.2 Å². The maximum absolute atomic E-state index is 13.7. The Kier molecular flexibility index (Phi) is 5.00. The smallest absolute Gasteiger partial charge is 0.161 e. The SMILES string of the molecule is CCC(CC)C(NC)c1cc(F)c(F)cc1F. The molecule has 1 unspecified atom stereocenters. The van der Waals surface area contributed by atoms with Crippen LogP contribution in [0.2, 0.25) is 0 Å². The van der Waals surface area contributed by atoms with Crippen LogP contribution in [0.15, 0.2) is 12.1 Å². The molecule has 0 amide bonds. The molecule has 0 heterocycles. The Morgan fingerprint density at radius 2 is 1.53 bits per heavy atom. The van der Waals surface area contributed by atoms with Crippen molar-refractivity contribution in [2.75, 3.05) is 7.05 Å². The van der Waals surface area contributed by atoms with Crippen molar-refractivity contribution in [1.82, 2.24) is 5.32 Å². The van der Waals surface area contributed by atoms with Crippen molar-refractivity contribution in [1.29, 1.82) is 0 Å². The molecule has 1 N–H and O–H groups in total. The van der Waals surface area contributed by atoms with Gasteiger partial charge in [0.05, 0.1) is 0 Å². The molecule has 0 spiro atoms. The first-order valence-corrected chi connectivity index (χ1v) is 5.86. The minimum Gasteiger partial charge on any atom is -0.313 e. The normalized spacial score (nSPS) is 13.1. The zero-order valence-corrected chi connectivity index (χ0v) is 10.4. The zero-order chi connectivity index (χ0) is 13.0. The predicted molar refractivity (Wildman–Crippen MR) is 62.2 cm³/mol. The van der Waals surface area contributed by atoms with Crippen LogP contribution in [-0.2, 0) is 0 Å².